The number of carbonyl (C=O) groups excluding carboxylic acids is 2. The average molecular weight is 499 g/mol. The van der Waals surface area contributed by atoms with E-state index in [9.17, 15) is 9.59 Å². The summed E-state index contributed by atoms with van der Waals surface area (Å²) in [6.07, 6.45) is 0.0281. The molecule has 2 heterocycles. The van der Waals surface area contributed by atoms with Gasteiger partial charge in [0.05, 0.1) is 12.2 Å². The number of para-hydroxylation sites is 1. The molecule has 2 amide bonds. The summed E-state index contributed by atoms with van der Waals surface area (Å²) >= 11 is 7.51. The van der Waals surface area contributed by atoms with E-state index in [0.29, 0.717) is 21.7 Å². The van der Waals surface area contributed by atoms with Gasteiger partial charge in [-0.15, -0.1) is 10.2 Å². The van der Waals surface area contributed by atoms with Crippen molar-refractivity contribution in [3.63, 3.8) is 0 Å². The molecule has 0 radical (unpaired) electrons. The lowest BCUT2D eigenvalue weighted by Crippen LogP contribution is -2.47. The van der Waals surface area contributed by atoms with Gasteiger partial charge in [0.15, 0.2) is 5.16 Å². The van der Waals surface area contributed by atoms with Gasteiger partial charge in [0.25, 0.3) is 0 Å². The summed E-state index contributed by atoms with van der Waals surface area (Å²) in [5, 5.41) is 12.6. The zero-order valence-corrected chi connectivity index (χ0v) is 20.8. The Kier molecular flexibility index (Phi) is 7.87. The van der Waals surface area contributed by atoms with E-state index in [2.05, 4.69) is 27.5 Å². The van der Waals surface area contributed by atoms with Crippen molar-refractivity contribution in [2.45, 2.75) is 18.5 Å². The van der Waals surface area contributed by atoms with Crippen LogP contribution in [0.4, 0.5) is 5.69 Å². The fraction of sp³-hybridized carbons (Fsp3) is 0.333. The fourth-order valence-electron chi connectivity index (χ4n) is 3.64. The highest BCUT2D eigenvalue weighted by Gasteiger charge is 2.22. The van der Waals surface area contributed by atoms with Crippen LogP contribution in [0.3, 0.4) is 0 Å². The second kappa shape index (κ2) is 11.0. The van der Waals surface area contributed by atoms with E-state index < -0.39 is 0 Å². The van der Waals surface area contributed by atoms with Crippen LogP contribution in [-0.4, -0.2) is 75.4 Å². The summed E-state index contributed by atoms with van der Waals surface area (Å²) in [4.78, 5) is 29.6. The van der Waals surface area contributed by atoms with Gasteiger partial charge < -0.3 is 15.1 Å². The fourth-order valence-corrected chi connectivity index (χ4v) is 4.69. The number of halogens is 1. The first kappa shape index (κ1) is 24.3. The summed E-state index contributed by atoms with van der Waals surface area (Å²) in [5.41, 5.74) is 2.40. The van der Waals surface area contributed by atoms with Crippen LogP contribution in [0.25, 0.3) is 5.69 Å². The number of aromatic nitrogens is 3. The van der Waals surface area contributed by atoms with Crippen molar-refractivity contribution in [2.75, 3.05) is 44.3 Å². The molecule has 1 fully saturated rings. The number of amides is 2. The molecule has 10 heteroatoms. The monoisotopic (exact) mass is 498 g/mol. The Morgan fingerprint density at radius 2 is 1.79 bits per heavy atom. The summed E-state index contributed by atoms with van der Waals surface area (Å²) in [6, 6.07) is 15.0. The predicted octanol–water partition coefficient (Wildman–Crippen LogP) is 3.28. The number of nitrogens with one attached hydrogen (secondary N) is 1. The highest BCUT2D eigenvalue weighted by molar-refractivity contribution is 7.99. The third-order valence-corrected chi connectivity index (χ3v) is 6.99. The first-order valence-electron chi connectivity index (χ1n) is 11.1. The molecule has 8 nitrogen and oxygen atoms in total. The summed E-state index contributed by atoms with van der Waals surface area (Å²) < 4.78 is 1.84. The van der Waals surface area contributed by atoms with E-state index in [4.69, 9.17) is 11.6 Å². The van der Waals surface area contributed by atoms with Crippen LogP contribution in [0.5, 0.6) is 0 Å². The molecule has 3 aromatic rings. The molecule has 1 saturated heterocycles. The van der Waals surface area contributed by atoms with Crippen LogP contribution in [0.15, 0.2) is 53.7 Å². The van der Waals surface area contributed by atoms with E-state index in [1.165, 1.54) is 11.8 Å². The molecule has 0 bridgehead atoms. The van der Waals surface area contributed by atoms with Gasteiger partial charge in [-0.25, -0.2) is 0 Å². The molecule has 0 spiro atoms. The quantitative estimate of drug-likeness (QED) is 0.503. The number of hydrogen-bond acceptors (Lipinski definition) is 6. The van der Waals surface area contributed by atoms with Crippen LogP contribution in [-0.2, 0) is 16.0 Å². The van der Waals surface area contributed by atoms with E-state index in [1.807, 2.05) is 58.9 Å². The topological polar surface area (TPSA) is 83.4 Å². The van der Waals surface area contributed by atoms with Crippen LogP contribution in [0.2, 0.25) is 5.02 Å². The van der Waals surface area contributed by atoms with Crippen molar-refractivity contribution in [1.29, 1.82) is 0 Å². The van der Waals surface area contributed by atoms with Gasteiger partial charge in [-0.3, -0.25) is 14.2 Å². The number of rotatable bonds is 7. The Labute approximate surface area is 208 Å². The lowest BCUT2D eigenvalue weighted by molar-refractivity contribution is -0.129. The normalized spacial score (nSPS) is 14.3. The minimum atomic E-state index is -0.227. The molecule has 1 aliphatic rings. The Morgan fingerprint density at radius 3 is 2.50 bits per heavy atom. The minimum absolute atomic E-state index is 0.0281. The first-order valence-corrected chi connectivity index (χ1v) is 12.4. The molecule has 2 aromatic carbocycles. The molecule has 0 aliphatic carbocycles. The molecular weight excluding hydrogens is 472 g/mol. The van der Waals surface area contributed by atoms with E-state index in [-0.39, 0.29) is 24.0 Å². The standard InChI is InChI=1S/C24H27ClN6O2S/c1-17-8-9-18(14-20(17)25)26-22(32)15-21-27-28-24(31(21)19-6-4-3-5-7-19)34-16-23(33)30-12-10-29(2)11-13-30/h3-9,14H,10-13,15-16H2,1-2H3,(H,26,32). The number of benzene rings is 2. The first-order chi connectivity index (χ1) is 16.4. The molecule has 1 N–H and O–H groups in total. The molecule has 0 unspecified atom stereocenters. The van der Waals surface area contributed by atoms with Gasteiger partial charge in [0.1, 0.15) is 5.82 Å². The van der Waals surface area contributed by atoms with E-state index >= 15 is 0 Å². The Morgan fingerprint density at radius 1 is 1.06 bits per heavy atom. The molecular formula is C24H27ClN6O2S. The lowest BCUT2D eigenvalue weighted by atomic mass is 10.2. The number of piperazine rings is 1. The lowest BCUT2D eigenvalue weighted by Gasteiger charge is -2.32. The molecule has 178 valence electrons. The highest BCUT2D eigenvalue weighted by Crippen LogP contribution is 2.24. The SMILES string of the molecule is Cc1ccc(NC(=O)Cc2nnc(SCC(=O)N3CCN(C)CC3)n2-c2ccccc2)cc1Cl. The zero-order valence-electron chi connectivity index (χ0n) is 19.2. The summed E-state index contributed by atoms with van der Waals surface area (Å²) in [5.74, 6) is 0.616. The van der Waals surface area contributed by atoms with Crippen molar-refractivity contribution in [3.8, 4) is 5.69 Å². The van der Waals surface area contributed by atoms with Gasteiger partial charge in [-0.05, 0) is 43.8 Å². The maximum Gasteiger partial charge on any atom is 0.233 e. The van der Waals surface area contributed by atoms with Crippen molar-refractivity contribution < 1.29 is 9.59 Å². The molecule has 34 heavy (non-hydrogen) atoms. The van der Waals surface area contributed by atoms with Crippen LogP contribution in [0, 0.1) is 6.92 Å². The largest absolute Gasteiger partial charge is 0.339 e. The molecule has 1 aliphatic heterocycles. The molecule has 0 atom stereocenters. The highest BCUT2D eigenvalue weighted by atomic mass is 35.5. The van der Waals surface area contributed by atoms with Crippen molar-refractivity contribution >= 4 is 40.9 Å². The Balaban J connectivity index is 1.48. The summed E-state index contributed by atoms with van der Waals surface area (Å²) in [6.45, 7) is 5.12. The number of aryl methyl sites for hydroxylation is 1. The van der Waals surface area contributed by atoms with Gasteiger partial charge in [-0.1, -0.05) is 47.6 Å². The second-order valence-electron chi connectivity index (χ2n) is 8.23. The van der Waals surface area contributed by atoms with E-state index in [1.54, 1.807) is 6.07 Å². The van der Waals surface area contributed by atoms with Gasteiger partial charge in [-0.2, -0.15) is 0 Å². The molecule has 0 saturated carbocycles. The third kappa shape index (κ3) is 5.97. The molecule has 4 rings (SSSR count). The number of nitrogens with zero attached hydrogens (tertiary/aromatic N) is 5. The number of hydrogen-bond donors (Lipinski definition) is 1. The third-order valence-electron chi connectivity index (χ3n) is 5.67. The van der Waals surface area contributed by atoms with Crippen molar-refractivity contribution in [3.05, 3.63) is 64.9 Å². The number of likely N-dealkylation sites (N-methyl/N-ethyl adjacent to an activating group) is 1. The smallest absolute Gasteiger partial charge is 0.233 e. The Bertz CT molecular complexity index is 1160. The maximum absolute atomic E-state index is 12.8. The van der Waals surface area contributed by atoms with Gasteiger partial charge in [0.2, 0.25) is 11.8 Å². The second-order valence-corrected chi connectivity index (χ2v) is 9.58. The average Bonchev–Trinajstić information content (AvgIpc) is 3.23. The predicted molar refractivity (Wildman–Crippen MR) is 135 cm³/mol. The van der Waals surface area contributed by atoms with Crippen molar-refractivity contribution in [1.82, 2.24) is 24.6 Å². The van der Waals surface area contributed by atoms with Crippen LogP contribution in [0.1, 0.15) is 11.4 Å². The zero-order chi connectivity index (χ0) is 24.1. The maximum atomic E-state index is 12.8. The number of carbonyl (C=O) groups is 2. The number of thioether (sulfide) groups is 1. The van der Waals surface area contributed by atoms with Crippen LogP contribution >= 0.6 is 23.4 Å². The minimum Gasteiger partial charge on any atom is -0.339 e. The van der Waals surface area contributed by atoms with Gasteiger partial charge >= 0.3 is 0 Å². The number of anilines is 1. The summed E-state index contributed by atoms with van der Waals surface area (Å²) in [7, 11) is 2.06. The Hall–Kier alpha value is -2.88. The molecule has 1 aromatic heterocycles. The van der Waals surface area contributed by atoms with E-state index in [0.717, 1.165) is 37.4 Å². The van der Waals surface area contributed by atoms with Crippen LogP contribution < -0.4 is 5.32 Å². The van der Waals surface area contributed by atoms with Gasteiger partial charge in [0, 0.05) is 42.6 Å². The van der Waals surface area contributed by atoms with Crippen molar-refractivity contribution in [2.24, 2.45) is 0 Å².